The molecule has 40 heavy (non-hydrogen) atoms. The molecular formula is C30H35N3O5S2. The third kappa shape index (κ3) is 5.33. The molecule has 8 nitrogen and oxygen atoms in total. The average molecular weight is 582 g/mol. The molecule has 2 aromatic carbocycles. The van der Waals surface area contributed by atoms with Gasteiger partial charge in [0.15, 0.2) is 0 Å². The Labute approximate surface area is 239 Å². The number of nitrogens with zero attached hydrogens (tertiary/aromatic N) is 1. The number of benzene rings is 2. The number of ether oxygens (including phenoxy) is 1. The lowest BCUT2D eigenvalue weighted by atomic mass is 9.81. The van der Waals surface area contributed by atoms with Crippen molar-refractivity contribution in [2.45, 2.75) is 70.0 Å². The van der Waals surface area contributed by atoms with Crippen LogP contribution in [0.15, 0.2) is 53.4 Å². The van der Waals surface area contributed by atoms with Gasteiger partial charge in [-0.25, -0.2) is 13.2 Å². The molecule has 0 spiro atoms. The molecule has 3 heterocycles. The van der Waals surface area contributed by atoms with Crippen LogP contribution < -0.4 is 10.6 Å². The van der Waals surface area contributed by atoms with Gasteiger partial charge in [-0.15, -0.1) is 11.3 Å². The van der Waals surface area contributed by atoms with Gasteiger partial charge in [0.1, 0.15) is 5.00 Å². The van der Waals surface area contributed by atoms with Gasteiger partial charge in [-0.05, 0) is 88.4 Å². The van der Waals surface area contributed by atoms with Crippen LogP contribution in [0.4, 0.5) is 5.00 Å². The summed E-state index contributed by atoms with van der Waals surface area (Å²) in [4.78, 5) is 27.5. The molecule has 2 aliphatic heterocycles. The zero-order valence-electron chi connectivity index (χ0n) is 23.5. The zero-order valence-corrected chi connectivity index (χ0v) is 25.1. The van der Waals surface area contributed by atoms with Gasteiger partial charge in [0, 0.05) is 34.6 Å². The molecule has 0 aliphatic carbocycles. The quantitative estimate of drug-likeness (QED) is 0.394. The van der Waals surface area contributed by atoms with Crippen LogP contribution >= 0.6 is 11.3 Å². The van der Waals surface area contributed by atoms with Gasteiger partial charge in [0.2, 0.25) is 10.0 Å². The van der Waals surface area contributed by atoms with Gasteiger partial charge in [-0.3, -0.25) is 4.79 Å². The van der Waals surface area contributed by atoms with Crippen molar-refractivity contribution in [1.29, 1.82) is 0 Å². The summed E-state index contributed by atoms with van der Waals surface area (Å²) in [6.45, 7) is 11.0. The van der Waals surface area contributed by atoms with E-state index in [0.29, 0.717) is 42.1 Å². The first-order valence-corrected chi connectivity index (χ1v) is 15.7. The van der Waals surface area contributed by atoms with Crippen molar-refractivity contribution >= 4 is 38.2 Å². The van der Waals surface area contributed by atoms with E-state index in [0.717, 1.165) is 16.0 Å². The number of nitrogens with one attached hydrogen (secondary N) is 2. The first-order valence-electron chi connectivity index (χ1n) is 13.4. The Kier molecular flexibility index (Phi) is 7.41. The summed E-state index contributed by atoms with van der Waals surface area (Å²) in [5, 5.41) is 6.97. The summed E-state index contributed by atoms with van der Waals surface area (Å²) >= 11 is 1.37. The number of hydrogen-bond donors (Lipinski definition) is 2. The van der Waals surface area contributed by atoms with E-state index in [9.17, 15) is 18.0 Å². The Balaban J connectivity index is 1.40. The largest absolute Gasteiger partial charge is 0.462 e. The average Bonchev–Trinajstić information content (AvgIpc) is 3.25. The number of sulfonamides is 1. The van der Waals surface area contributed by atoms with Crippen LogP contribution in [0.3, 0.4) is 0 Å². The molecule has 1 amide bonds. The van der Waals surface area contributed by atoms with E-state index in [1.807, 2.05) is 24.3 Å². The fraction of sp³-hybridized carbons (Fsp3) is 0.400. The smallest absolute Gasteiger partial charge is 0.341 e. The molecular weight excluding hydrogens is 546 g/mol. The summed E-state index contributed by atoms with van der Waals surface area (Å²) in [6, 6.07) is 13.8. The van der Waals surface area contributed by atoms with E-state index in [1.54, 1.807) is 6.92 Å². The summed E-state index contributed by atoms with van der Waals surface area (Å²) in [5.74, 6) is -0.890. The monoisotopic (exact) mass is 581 g/mol. The second-order valence-electron chi connectivity index (χ2n) is 11.5. The van der Waals surface area contributed by atoms with E-state index in [-0.39, 0.29) is 17.0 Å². The zero-order chi connectivity index (χ0) is 28.9. The van der Waals surface area contributed by atoms with Crippen LogP contribution in [0, 0.1) is 0 Å². The second kappa shape index (κ2) is 10.4. The number of esters is 1. The van der Waals surface area contributed by atoms with Crippen LogP contribution in [-0.2, 0) is 39.7 Å². The van der Waals surface area contributed by atoms with Gasteiger partial charge >= 0.3 is 5.97 Å². The number of fused-ring (bicyclic) bond motifs is 2. The molecule has 0 atom stereocenters. The van der Waals surface area contributed by atoms with E-state index < -0.39 is 27.4 Å². The van der Waals surface area contributed by atoms with Crippen molar-refractivity contribution < 1.29 is 22.7 Å². The Bertz CT molecular complexity index is 1570. The number of anilines is 1. The molecule has 212 valence electrons. The molecule has 3 aromatic rings. The van der Waals surface area contributed by atoms with Crippen molar-refractivity contribution in [3.8, 4) is 0 Å². The van der Waals surface area contributed by atoms with Gasteiger partial charge in [-0.2, -0.15) is 4.31 Å². The summed E-state index contributed by atoms with van der Waals surface area (Å²) in [5.41, 5.74) is 3.09. The molecule has 0 bridgehead atoms. The molecule has 0 unspecified atom stereocenters. The Morgan fingerprint density at radius 3 is 2.40 bits per heavy atom. The standard InChI is InChI=1S/C30H35N3O5S2/c1-6-38-28(35)24-23-17-29(2,3)32-30(4,5)25(23)39-27(24)31-26(34)20-11-13-22(14-12-20)40(36,37)33-16-15-19-9-7-8-10-21(19)18-33/h7-14,32H,6,15-18H2,1-5H3,(H,31,34). The predicted molar refractivity (Wildman–Crippen MR) is 156 cm³/mol. The van der Waals surface area contributed by atoms with Crippen LogP contribution in [-0.4, -0.2) is 43.3 Å². The minimum absolute atomic E-state index is 0.136. The Morgan fingerprint density at radius 2 is 1.73 bits per heavy atom. The Morgan fingerprint density at radius 1 is 1.05 bits per heavy atom. The van der Waals surface area contributed by atoms with Crippen molar-refractivity contribution in [3.05, 3.63) is 81.2 Å². The fourth-order valence-corrected chi connectivity index (χ4v) is 8.49. The van der Waals surface area contributed by atoms with Gasteiger partial charge in [-0.1, -0.05) is 24.3 Å². The highest BCUT2D eigenvalue weighted by Gasteiger charge is 2.42. The molecule has 1 aromatic heterocycles. The third-order valence-electron chi connectivity index (χ3n) is 7.40. The summed E-state index contributed by atoms with van der Waals surface area (Å²) < 4.78 is 33.5. The van der Waals surface area contributed by atoms with Crippen molar-refractivity contribution in [2.75, 3.05) is 18.5 Å². The topological polar surface area (TPSA) is 105 Å². The minimum Gasteiger partial charge on any atom is -0.462 e. The van der Waals surface area contributed by atoms with Crippen LogP contribution in [0.5, 0.6) is 0 Å². The van der Waals surface area contributed by atoms with Crippen molar-refractivity contribution in [1.82, 2.24) is 9.62 Å². The van der Waals surface area contributed by atoms with E-state index in [1.165, 1.54) is 45.5 Å². The second-order valence-corrected chi connectivity index (χ2v) is 14.4. The highest BCUT2D eigenvalue weighted by Crippen LogP contribution is 2.45. The first kappa shape index (κ1) is 28.5. The molecule has 2 aliphatic rings. The lowest BCUT2D eigenvalue weighted by molar-refractivity contribution is 0.0525. The number of amides is 1. The van der Waals surface area contributed by atoms with Crippen LogP contribution in [0.25, 0.3) is 0 Å². The highest BCUT2D eigenvalue weighted by molar-refractivity contribution is 7.89. The number of rotatable bonds is 6. The first-order chi connectivity index (χ1) is 18.8. The fourth-order valence-electron chi connectivity index (χ4n) is 5.81. The SMILES string of the molecule is CCOC(=O)c1c(NC(=O)c2ccc(S(=O)(=O)N3CCc4ccccc4C3)cc2)sc2c1CC(C)(C)NC2(C)C. The molecule has 0 fully saturated rings. The summed E-state index contributed by atoms with van der Waals surface area (Å²) in [7, 11) is -3.72. The van der Waals surface area contributed by atoms with Crippen molar-refractivity contribution in [3.63, 3.8) is 0 Å². The lowest BCUT2D eigenvalue weighted by Crippen LogP contribution is -2.55. The van der Waals surface area contributed by atoms with Crippen molar-refractivity contribution in [2.24, 2.45) is 0 Å². The molecule has 5 rings (SSSR count). The van der Waals surface area contributed by atoms with E-state index in [2.05, 4.69) is 38.3 Å². The highest BCUT2D eigenvalue weighted by atomic mass is 32.2. The normalized spacial score (nSPS) is 17.9. The van der Waals surface area contributed by atoms with Gasteiger partial charge < -0.3 is 15.4 Å². The number of thiophene rings is 1. The maximum absolute atomic E-state index is 13.3. The molecule has 2 N–H and O–H groups in total. The lowest BCUT2D eigenvalue weighted by Gasteiger charge is -2.42. The van der Waals surface area contributed by atoms with E-state index >= 15 is 0 Å². The van der Waals surface area contributed by atoms with Gasteiger partial charge in [0.25, 0.3) is 5.91 Å². The molecule has 0 radical (unpaired) electrons. The number of carbonyl (C=O) groups is 2. The number of hydrogen-bond acceptors (Lipinski definition) is 7. The van der Waals surface area contributed by atoms with Crippen LogP contribution in [0.2, 0.25) is 0 Å². The van der Waals surface area contributed by atoms with E-state index in [4.69, 9.17) is 4.74 Å². The van der Waals surface area contributed by atoms with Gasteiger partial charge in [0.05, 0.1) is 17.1 Å². The van der Waals surface area contributed by atoms with Crippen LogP contribution in [0.1, 0.15) is 76.9 Å². The Hall–Kier alpha value is -3.05. The third-order valence-corrected chi connectivity index (χ3v) is 10.7. The molecule has 10 heteroatoms. The minimum atomic E-state index is -3.72. The maximum Gasteiger partial charge on any atom is 0.341 e. The molecule has 0 saturated heterocycles. The molecule has 0 saturated carbocycles. The summed E-state index contributed by atoms with van der Waals surface area (Å²) in [6.07, 6.45) is 1.27. The number of carbonyl (C=O) groups excluding carboxylic acids is 2. The predicted octanol–water partition coefficient (Wildman–Crippen LogP) is 5.08. The maximum atomic E-state index is 13.3.